The number of ether oxygens (including phenoxy) is 1. The number of carboxylic acids is 1. The van der Waals surface area contributed by atoms with E-state index in [0.717, 1.165) is 42.0 Å². The van der Waals surface area contributed by atoms with E-state index >= 15 is 0 Å². The minimum atomic E-state index is -0.988. The molecule has 0 radical (unpaired) electrons. The van der Waals surface area contributed by atoms with Gasteiger partial charge in [-0.05, 0) is 42.5 Å². The summed E-state index contributed by atoms with van der Waals surface area (Å²) in [7, 11) is 0. The molecule has 0 fully saturated rings. The van der Waals surface area contributed by atoms with Gasteiger partial charge < -0.3 is 9.84 Å². The standard InChI is InChI=1S/C19H24O4/c1-2-3-4-5-7-15-12-14-9-10-17(20)16(14)13-18(15)23-11-6-8-19(21)22/h6,8,12-13H,2-5,7,9-11H2,1H3,(H,21,22). The van der Waals surface area contributed by atoms with Gasteiger partial charge in [0.05, 0.1) is 0 Å². The maximum absolute atomic E-state index is 11.9. The van der Waals surface area contributed by atoms with Crippen molar-refractivity contribution in [3.8, 4) is 5.75 Å². The topological polar surface area (TPSA) is 63.6 Å². The maximum Gasteiger partial charge on any atom is 0.328 e. The van der Waals surface area contributed by atoms with Crippen molar-refractivity contribution in [2.24, 2.45) is 0 Å². The Kier molecular flexibility index (Phi) is 6.39. The Morgan fingerprint density at radius 2 is 2.09 bits per heavy atom. The number of carboxylic acid groups (broad SMARTS) is 1. The van der Waals surface area contributed by atoms with Gasteiger partial charge in [0.1, 0.15) is 12.4 Å². The molecule has 23 heavy (non-hydrogen) atoms. The van der Waals surface area contributed by atoms with Gasteiger partial charge in [-0.2, -0.15) is 0 Å². The summed E-state index contributed by atoms with van der Waals surface area (Å²) >= 11 is 0. The lowest BCUT2D eigenvalue weighted by Gasteiger charge is -2.13. The van der Waals surface area contributed by atoms with Gasteiger partial charge in [0.2, 0.25) is 0 Å². The van der Waals surface area contributed by atoms with Crippen molar-refractivity contribution in [1.29, 1.82) is 0 Å². The summed E-state index contributed by atoms with van der Waals surface area (Å²) in [6, 6.07) is 3.94. The lowest BCUT2D eigenvalue weighted by Crippen LogP contribution is -2.02. The molecule has 124 valence electrons. The summed E-state index contributed by atoms with van der Waals surface area (Å²) in [6.07, 6.45) is 9.56. The van der Waals surface area contributed by atoms with Gasteiger partial charge in [-0.1, -0.05) is 32.3 Å². The lowest BCUT2D eigenvalue weighted by molar-refractivity contribution is -0.131. The summed E-state index contributed by atoms with van der Waals surface area (Å²) in [4.78, 5) is 22.4. The van der Waals surface area contributed by atoms with Crippen LogP contribution in [-0.4, -0.2) is 23.5 Å². The highest BCUT2D eigenvalue weighted by molar-refractivity contribution is 6.00. The Bertz CT molecular complexity index is 602. The number of carbonyl (C=O) groups is 2. The van der Waals surface area contributed by atoms with Crippen LogP contribution >= 0.6 is 0 Å². The zero-order chi connectivity index (χ0) is 16.7. The van der Waals surface area contributed by atoms with Crippen LogP contribution in [0.2, 0.25) is 0 Å². The molecule has 4 heteroatoms. The molecule has 0 saturated heterocycles. The predicted molar refractivity (Wildman–Crippen MR) is 89.2 cm³/mol. The molecule has 0 bridgehead atoms. The number of hydrogen-bond acceptors (Lipinski definition) is 3. The molecule has 1 aliphatic carbocycles. The van der Waals surface area contributed by atoms with Crippen molar-refractivity contribution in [2.45, 2.75) is 51.9 Å². The maximum atomic E-state index is 11.9. The fraction of sp³-hybridized carbons (Fsp3) is 0.474. The second-order valence-electron chi connectivity index (χ2n) is 5.90. The second kappa shape index (κ2) is 8.51. The number of Topliss-reactive ketones (excluding diaryl/α,β-unsaturated/α-hetero) is 1. The van der Waals surface area contributed by atoms with Crippen molar-refractivity contribution in [3.05, 3.63) is 41.0 Å². The van der Waals surface area contributed by atoms with Crippen LogP contribution in [0, 0.1) is 0 Å². The van der Waals surface area contributed by atoms with Gasteiger partial charge in [-0.25, -0.2) is 4.79 Å². The normalized spacial score (nSPS) is 13.5. The Labute approximate surface area is 137 Å². The quantitative estimate of drug-likeness (QED) is 0.553. The van der Waals surface area contributed by atoms with E-state index in [-0.39, 0.29) is 12.4 Å². The number of carbonyl (C=O) groups excluding carboxylic acids is 1. The van der Waals surface area contributed by atoms with Crippen LogP contribution in [0.15, 0.2) is 24.3 Å². The van der Waals surface area contributed by atoms with Gasteiger partial charge in [0.25, 0.3) is 0 Å². The Hall–Kier alpha value is -2.10. The molecule has 0 unspecified atom stereocenters. The number of unbranched alkanes of at least 4 members (excludes halogenated alkanes) is 3. The summed E-state index contributed by atoms with van der Waals surface area (Å²) in [5, 5.41) is 8.61. The zero-order valence-corrected chi connectivity index (χ0v) is 13.6. The molecule has 1 aliphatic rings. The van der Waals surface area contributed by atoms with E-state index in [9.17, 15) is 9.59 Å². The van der Waals surface area contributed by atoms with Crippen molar-refractivity contribution < 1.29 is 19.4 Å². The van der Waals surface area contributed by atoms with Gasteiger partial charge >= 0.3 is 5.97 Å². The van der Waals surface area contributed by atoms with Crippen LogP contribution in [0.1, 0.15) is 60.5 Å². The molecular weight excluding hydrogens is 292 g/mol. The van der Waals surface area contributed by atoms with Gasteiger partial charge in [0.15, 0.2) is 5.78 Å². The van der Waals surface area contributed by atoms with Crippen LogP contribution in [0.5, 0.6) is 5.75 Å². The molecule has 0 saturated carbocycles. The fourth-order valence-corrected chi connectivity index (χ4v) is 2.88. The molecule has 0 spiro atoms. The molecule has 1 aromatic rings. The van der Waals surface area contributed by atoms with Crippen LogP contribution < -0.4 is 4.74 Å². The molecule has 2 rings (SSSR count). The third-order valence-corrected chi connectivity index (χ3v) is 4.10. The number of hydrogen-bond donors (Lipinski definition) is 1. The molecule has 0 heterocycles. The Morgan fingerprint density at radius 3 is 2.83 bits per heavy atom. The number of fused-ring (bicyclic) bond motifs is 1. The molecule has 0 amide bonds. The van der Waals surface area contributed by atoms with E-state index in [1.807, 2.05) is 6.07 Å². The first kappa shape index (κ1) is 17.3. The summed E-state index contributed by atoms with van der Waals surface area (Å²) in [6.45, 7) is 2.38. The highest BCUT2D eigenvalue weighted by atomic mass is 16.5. The highest BCUT2D eigenvalue weighted by Gasteiger charge is 2.22. The van der Waals surface area contributed by atoms with Crippen LogP contribution in [0.3, 0.4) is 0 Å². The zero-order valence-electron chi connectivity index (χ0n) is 13.6. The summed E-state index contributed by atoms with van der Waals surface area (Å²) in [5.74, 6) is -0.105. The van der Waals surface area contributed by atoms with Gasteiger partial charge in [-0.3, -0.25) is 4.79 Å². The SMILES string of the molecule is CCCCCCc1cc2c(cc1OCC=CC(=O)O)C(=O)CC2. The smallest absolute Gasteiger partial charge is 0.328 e. The van der Waals surface area contributed by atoms with Crippen molar-refractivity contribution in [1.82, 2.24) is 0 Å². The third-order valence-electron chi connectivity index (χ3n) is 4.10. The minimum absolute atomic E-state index is 0.170. The molecule has 0 aliphatic heterocycles. The number of aryl methyl sites for hydroxylation is 2. The molecule has 4 nitrogen and oxygen atoms in total. The first-order chi connectivity index (χ1) is 11.1. The van der Waals surface area contributed by atoms with Gasteiger partial charge in [0, 0.05) is 18.1 Å². The largest absolute Gasteiger partial charge is 0.489 e. The van der Waals surface area contributed by atoms with Crippen molar-refractivity contribution in [3.63, 3.8) is 0 Å². The minimum Gasteiger partial charge on any atom is -0.489 e. The molecule has 1 N–H and O–H groups in total. The van der Waals surface area contributed by atoms with E-state index in [0.29, 0.717) is 12.2 Å². The van der Waals surface area contributed by atoms with Crippen LogP contribution in [0.25, 0.3) is 0 Å². The molecule has 0 atom stereocenters. The highest BCUT2D eigenvalue weighted by Crippen LogP contribution is 2.31. The molecular formula is C19H24O4. The van der Waals surface area contributed by atoms with Crippen molar-refractivity contribution in [2.75, 3.05) is 6.61 Å². The van der Waals surface area contributed by atoms with Crippen molar-refractivity contribution >= 4 is 11.8 Å². The van der Waals surface area contributed by atoms with Crippen LogP contribution in [0.4, 0.5) is 0 Å². The van der Waals surface area contributed by atoms with E-state index < -0.39 is 5.97 Å². The lowest BCUT2D eigenvalue weighted by atomic mass is 10.00. The van der Waals surface area contributed by atoms with Gasteiger partial charge in [-0.15, -0.1) is 0 Å². The number of aliphatic carboxylic acids is 1. The summed E-state index contributed by atoms with van der Waals surface area (Å²) in [5.41, 5.74) is 3.01. The number of benzene rings is 1. The molecule has 1 aromatic carbocycles. The average Bonchev–Trinajstić information content (AvgIpc) is 2.88. The number of rotatable bonds is 9. The Balaban J connectivity index is 2.10. The second-order valence-corrected chi connectivity index (χ2v) is 5.90. The Morgan fingerprint density at radius 1 is 1.26 bits per heavy atom. The predicted octanol–water partition coefficient (Wildman–Crippen LogP) is 3.96. The number of ketones is 1. The first-order valence-electron chi connectivity index (χ1n) is 8.33. The fourth-order valence-electron chi connectivity index (χ4n) is 2.88. The summed E-state index contributed by atoms with van der Waals surface area (Å²) < 4.78 is 5.72. The van der Waals surface area contributed by atoms with Crippen LogP contribution in [-0.2, 0) is 17.6 Å². The third kappa shape index (κ3) is 4.95. The van der Waals surface area contributed by atoms with E-state index in [1.165, 1.54) is 25.3 Å². The van der Waals surface area contributed by atoms with E-state index in [4.69, 9.17) is 9.84 Å². The molecule has 0 aromatic heterocycles. The van der Waals surface area contributed by atoms with E-state index in [2.05, 4.69) is 13.0 Å². The first-order valence-corrected chi connectivity index (χ1v) is 8.33. The van der Waals surface area contributed by atoms with E-state index in [1.54, 1.807) is 0 Å². The average molecular weight is 316 g/mol. The monoisotopic (exact) mass is 316 g/mol.